The molecule has 1 aromatic rings. The maximum atomic E-state index is 13.4. The van der Waals surface area contributed by atoms with E-state index in [9.17, 15) is 9.90 Å². The Kier molecular flexibility index (Phi) is 4.34. The van der Waals surface area contributed by atoms with Crippen molar-refractivity contribution < 1.29 is 23.9 Å². The molecule has 7 unspecified atom stereocenters. The summed E-state index contributed by atoms with van der Waals surface area (Å²) in [4.78, 5) is 14.0. The molecule has 0 aliphatic carbocycles. The minimum absolute atomic E-state index is 0.182. The Morgan fingerprint density at radius 1 is 1.39 bits per heavy atom. The number of carbonyl (C=O) groups excluding carboxylic acids is 1. The summed E-state index contributed by atoms with van der Waals surface area (Å²) in [6.07, 6.45) is 4.99. The fourth-order valence-corrected chi connectivity index (χ4v) is 7.23. The second-order valence-electron chi connectivity index (χ2n) is 8.86. The number of quaternary nitrogens is 1. The molecular weight excluding hydrogens is 394 g/mol. The van der Waals surface area contributed by atoms with Crippen molar-refractivity contribution in [1.29, 1.82) is 0 Å². The topological polar surface area (TPSA) is 59.1 Å². The van der Waals surface area contributed by atoms with Crippen molar-refractivity contribution in [2.24, 2.45) is 0 Å². The Hall–Kier alpha value is -1.12. The number of thiophene rings is 1. The highest BCUT2D eigenvalue weighted by molar-refractivity contribution is 8.03. The molecule has 28 heavy (non-hydrogen) atoms. The molecule has 5 rings (SSSR count). The largest absolute Gasteiger partial charge is 0.459 e. The molecule has 7 atom stereocenters. The zero-order chi connectivity index (χ0) is 19.7. The van der Waals surface area contributed by atoms with Gasteiger partial charge in [-0.3, -0.25) is 0 Å². The van der Waals surface area contributed by atoms with Gasteiger partial charge in [0.15, 0.2) is 0 Å². The number of aliphatic hydroxyl groups is 1. The first-order valence-corrected chi connectivity index (χ1v) is 11.6. The number of carbonyl (C=O) groups is 1. The quantitative estimate of drug-likeness (QED) is 0.461. The Labute approximate surface area is 173 Å². The van der Waals surface area contributed by atoms with Gasteiger partial charge in [-0.1, -0.05) is 18.7 Å². The molecule has 3 fully saturated rings. The summed E-state index contributed by atoms with van der Waals surface area (Å²) < 4.78 is 12.8. The first-order chi connectivity index (χ1) is 13.3. The first-order valence-electron chi connectivity index (χ1n) is 9.79. The molecule has 1 N–H and O–H groups in total. The van der Waals surface area contributed by atoms with Gasteiger partial charge in [0.1, 0.15) is 18.2 Å². The molecule has 0 saturated carbocycles. The van der Waals surface area contributed by atoms with Crippen LogP contribution in [0.25, 0.3) is 0 Å². The minimum atomic E-state index is -1.71. The molecule has 150 valence electrons. The number of hydrogen-bond acceptors (Lipinski definition) is 6. The average molecular weight is 421 g/mol. The molecule has 0 radical (unpaired) electrons. The molecular formula is C21H26NO4S2+. The van der Waals surface area contributed by atoms with Crippen LogP contribution in [0.15, 0.2) is 41.1 Å². The number of thioether (sulfide) groups is 1. The standard InChI is InChI=1S/C21H26NO4S2/c1-12-6-8-28-19(12)21(24,17-5-4-7-27-17)20(23)25-14-9-13-10-16-18(26-16)15(11-14)22(13,2)3/h4-8,13-16,18-19,24H,1,9-11H2,2-3H3/q+1. The molecule has 3 saturated heterocycles. The molecule has 2 bridgehead atoms. The maximum Gasteiger partial charge on any atom is 0.345 e. The normalized spacial score (nSPS) is 39.9. The fraction of sp³-hybridized carbons (Fsp3) is 0.571. The molecule has 0 spiro atoms. The maximum absolute atomic E-state index is 13.4. The average Bonchev–Trinajstić information content (AvgIpc) is 3.03. The molecule has 0 aromatic carbocycles. The van der Waals surface area contributed by atoms with Gasteiger partial charge < -0.3 is 19.1 Å². The van der Waals surface area contributed by atoms with E-state index < -0.39 is 16.8 Å². The molecule has 4 aliphatic heterocycles. The van der Waals surface area contributed by atoms with E-state index in [1.807, 2.05) is 22.9 Å². The molecule has 4 aliphatic rings. The molecule has 5 nitrogen and oxygen atoms in total. The number of hydrogen-bond donors (Lipinski definition) is 1. The van der Waals surface area contributed by atoms with Gasteiger partial charge in [-0.25, -0.2) is 4.79 Å². The summed E-state index contributed by atoms with van der Waals surface area (Å²) in [7, 11) is 4.52. The number of allylic oxidation sites excluding steroid dienone is 1. The first kappa shape index (κ1) is 18.9. The lowest BCUT2D eigenvalue weighted by atomic mass is 9.81. The highest BCUT2D eigenvalue weighted by Crippen LogP contribution is 2.49. The van der Waals surface area contributed by atoms with Crippen LogP contribution in [0.5, 0.6) is 0 Å². The summed E-state index contributed by atoms with van der Waals surface area (Å²) in [6, 6.07) is 4.43. The number of nitrogens with zero attached hydrogens (tertiary/aromatic N) is 1. The predicted octanol–water partition coefficient (Wildman–Crippen LogP) is 2.81. The summed E-state index contributed by atoms with van der Waals surface area (Å²) in [5.41, 5.74) is -0.972. The zero-order valence-corrected chi connectivity index (χ0v) is 17.7. The number of fused-ring (bicyclic) bond motifs is 4. The van der Waals surface area contributed by atoms with Gasteiger partial charge >= 0.3 is 5.97 Å². The third-order valence-corrected chi connectivity index (χ3v) is 9.24. The van der Waals surface area contributed by atoms with Gasteiger partial charge in [0, 0.05) is 24.1 Å². The Balaban J connectivity index is 1.38. The second kappa shape index (κ2) is 6.44. The van der Waals surface area contributed by atoms with Crippen LogP contribution in [-0.2, 0) is 19.9 Å². The number of ether oxygens (including phenoxy) is 2. The van der Waals surface area contributed by atoms with Crippen LogP contribution in [0.2, 0.25) is 0 Å². The summed E-state index contributed by atoms with van der Waals surface area (Å²) in [5.74, 6) is -0.555. The van der Waals surface area contributed by atoms with Crippen LogP contribution in [-0.4, -0.2) is 65.3 Å². The van der Waals surface area contributed by atoms with Crippen molar-refractivity contribution in [3.63, 3.8) is 0 Å². The second-order valence-corrected chi connectivity index (χ2v) is 10.8. The summed E-state index contributed by atoms with van der Waals surface area (Å²) in [6.45, 7) is 4.03. The fourth-order valence-electron chi connectivity index (χ4n) is 5.23. The van der Waals surface area contributed by atoms with E-state index in [0.717, 1.165) is 29.3 Å². The SMILES string of the molecule is C=C1C=CSC1C(O)(C(=O)OC1CC2CC3OC3C(C1)[N+]2(C)C)c1cccs1. The minimum Gasteiger partial charge on any atom is -0.459 e. The van der Waals surface area contributed by atoms with Gasteiger partial charge in [-0.15, -0.1) is 23.1 Å². The number of esters is 1. The number of rotatable bonds is 4. The van der Waals surface area contributed by atoms with Crippen LogP contribution in [0, 0.1) is 0 Å². The van der Waals surface area contributed by atoms with Gasteiger partial charge in [0.2, 0.25) is 5.60 Å². The van der Waals surface area contributed by atoms with E-state index >= 15 is 0 Å². The van der Waals surface area contributed by atoms with Crippen LogP contribution < -0.4 is 0 Å². The molecule has 5 heterocycles. The molecule has 7 heteroatoms. The lowest BCUT2D eigenvalue weighted by Crippen LogP contribution is -2.66. The smallest absolute Gasteiger partial charge is 0.345 e. The van der Waals surface area contributed by atoms with E-state index in [4.69, 9.17) is 9.47 Å². The zero-order valence-electron chi connectivity index (χ0n) is 16.1. The van der Waals surface area contributed by atoms with E-state index in [1.54, 1.807) is 6.07 Å². The lowest BCUT2D eigenvalue weighted by molar-refractivity contribution is -0.948. The van der Waals surface area contributed by atoms with Crippen molar-refractivity contribution in [2.75, 3.05) is 14.1 Å². The van der Waals surface area contributed by atoms with Crippen molar-refractivity contribution in [2.45, 2.75) is 60.5 Å². The molecule has 0 amide bonds. The monoisotopic (exact) mass is 420 g/mol. The number of epoxide rings is 1. The summed E-state index contributed by atoms with van der Waals surface area (Å²) in [5, 5.41) is 14.9. The Morgan fingerprint density at radius 2 is 2.21 bits per heavy atom. The van der Waals surface area contributed by atoms with Crippen molar-refractivity contribution >= 4 is 29.1 Å². The van der Waals surface area contributed by atoms with E-state index in [-0.39, 0.29) is 6.10 Å². The van der Waals surface area contributed by atoms with Gasteiger partial charge in [-0.05, 0) is 22.4 Å². The van der Waals surface area contributed by atoms with E-state index in [2.05, 4.69) is 20.7 Å². The predicted molar refractivity (Wildman–Crippen MR) is 110 cm³/mol. The summed E-state index contributed by atoms with van der Waals surface area (Å²) >= 11 is 2.80. The van der Waals surface area contributed by atoms with Crippen molar-refractivity contribution in [1.82, 2.24) is 0 Å². The van der Waals surface area contributed by atoms with Gasteiger partial charge in [0.25, 0.3) is 0 Å². The van der Waals surface area contributed by atoms with E-state index in [1.165, 1.54) is 23.1 Å². The van der Waals surface area contributed by atoms with Gasteiger partial charge in [0.05, 0.1) is 31.5 Å². The lowest BCUT2D eigenvalue weighted by Gasteiger charge is -2.51. The number of likely N-dealkylation sites (N-methyl/N-ethyl adjacent to an activating group) is 1. The highest BCUT2D eigenvalue weighted by Gasteiger charge is 2.63. The number of piperidine rings is 2. The van der Waals surface area contributed by atoms with Crippen LogP contribution in [0.1, 0.15) is 24.1 Å². The van der Waals surface area contributed by atoms with Crippen LogP contribution >= 0.6 is 23.1 Å². The molecule has 1 aromatic heterocycles. The Bertz CT molecular complexity index is 835. The van der Waals surface area contributed by atoms with Crippen molar-refractivity contribution in [3.05, 3.63) is 46.0 Å². The Morgan fingerprint density at radius 3 is 2.89 bits per heavy atom. The van der Waals surface area contributed by atoms with Gasteiger partial charge in [-0.2, -0.15) is 0 Å². The van der Waals surface area contributed by atoms with Crippen LogP contribution in [0.3, 0.4) is 0 Å². The van der Waals surface area contributed by atoms with Crippen molar-refractivity contribution in [3.8, 4) is 0 Å². The highest BCUT2D eigenvalue weighted by atomic mass is 32.2. The third-order valence-electron chi connectivity index (χ3n) is 7.04. The van der Waals surface area contributed by atoms with Crippen LogP contribution in [0.4, 0.5) is 0 Å². The third kappa shape index (κ3) is 2.75. The van der Waals surface area contributed by atoms with E-state index in [0.29, 0.717) is 29.2 Å².